The van der Waals surface area contributed by atoms with Crippen molar-refractivity contribution in [3.63, 3.8) is 0 Å². The molecule has 3 aromatic rings. The minimum atomic E-state index is -0.755. The van der Waals surface area contributed by atoms with E-state index in [0.717, 1.165) is 5.56 Å². The fraction of sp³-hybridized carbons (Fsp3) is 0.276. The van der Waals surface area contributed by atoms with Crippen LogP contribution in [-0.4, -0.2) is 31.2 Å². The number of methoxy groups -OCH3 is 1. The molecule has 0 heterocycles. The van der Waals surface area contributed by atoms with Crippen molar-refractivity contribution in [1.29, 1.82) is 0 Å². The van der Waals surface area contributed by atoms with Crippen molar-refractivity contribution in [2.24, 2.45) is 11.0 Å². The van der Waals surface area contributed by atoms with Crippen LogP contribution in [-0.2, 0) is 11.4 Å². The van der Waals surface area contributed by atoms with Crippen molar-refractivity contribution in [1.82, 2.24) is 10.7 Å². The summed E-state index contributed by atoms with van der Waals surface area (Å²) in [6.45, 7) is 6.38. The number of rotatable bonds is 11. The summed E-state index contributed by atoms with van der Waals surface area (Å²) in [5, 5.41) is 7.41. The van der Waals surface area contributed by atoms with Gasteiger partial charge in [0.2, 0.25) is 0 Å². The maximum Gasteiger partial charge on any atom is 0.262 e. The van der Waals surface area contributed by atoms with E-state index in [0.29, 0.717) is 45.1 Å². The number of aryl methyl sites for hydroxylation is 1. The van der Waals surface area contributed by atoms with Gasteiger partial charge in [0.05, 0.1) is 17.8 Å². The first-order valence-corrected chi connectivity index (χ1v) is 13.3. The highest BCUT2D eigenvalue weighted by Crippen LogP contribution is 2.36. The number of amides is 2. The van der Waals surface area contributed by atoms with Crippen LogP contribution in [0.5, 0.6) is 11.5 Å². The first-order chi connectivity index (χ1) is 18.2. The Balaban J connectivity index is 1.66. The number of benzene rings is 3. The van der Waals surface area contributed by atoms with E-state index in [1.807, 2.05) is 51.1 Å². The van der Waals surface area contributed by atoms with Gasteiger partial charge in [-0.25, -0.2) is 5.43 Å². The molecule has 0 bridgehead atoms. The van der Waals surface area contributed by atoms with E-state index in [9.17, 15) is 9.59 Å². The van der Waals surface area contributed by atoms with Crippen LogP contribution in [0.3, 0.4) is 0 Å². The average Bonchev–Trinajstić information content (AvgIpc) is 2.88. The summed E-state index contributed by atoms with van der Waals surface area (Å²) in [5.41, 5.74) is 5.85. The predicted octanol–water partition coefficient (Wildman–Crippen LogP) is 6.29. The topological polar surface area (TPSA) is 89.0 Å². The normalized spacial score (nSPS) is 11.9. The third-order valence-corrected chi connectivity index (χ3v) is 6.42. The highest BCUT2D eigenvalue weighted by Gasteiger charge is 2.22. The molecule has 1 atom stereocenters. The monoisotopic (exact) mass is 599 g/mol. The van der Waals surface area contributed by atoms with Gasteiger partial charge in [0.15, 0.2) is 11.5 Å². The lowest BCUT2D eigenvalue weighted by atomic mass is 10.0. The van der Waals surface area contributed by atoms with Gasteiger partial charge in [-0.15, -0.1) is 0 Å². The Bertz CT molecular complexity index is 1280. The summed E-state index contributed by atoms with van der Waals surface area (Å²) >= 11 is 9.44. The standard InChI is InChI=1S/C29H31BrClN3O4/c1-18(2)13-25(33-28(35)22-9-11-23(31)12-10-22)29(36)34-32-16-21-14-24(30)27(26(15-21)37-4)38-17-20-7-5-19(3)6-8-20/h5-12,14-16,18,25H,13,17H2,1-4H3,(H,33,35)(H,34,36). The smallest absolute Gasteiger partial charge is 0.262 e. The highest BCUT2D eigenvalue weighted by molar-refractivity contribution is 9.10. The van der Waals surface area contributed by atoms with Gasteiger partial charge in [0.1, 0.15) is 12.6 Å². The summed E-state index contributed by atoms with van der Waals surface area (Å²) in [4.78, 5) is 25.5. The van der Waals surface area contributed by atoms with Crippen LogP contribution < -0.4 is 20.2 Å². The minimum Gasteiger partial charge on any atom is -0.493 e. The van der Waals surface area contributed by atoms with Crippen LogP contribution in [0.1, 0.15) is 47.3 Å². The predicted molar refractivity (Wildman–Crippen MR) is 154 cm³/mol. The molecule has 7 nitrogen and oxygen atoms in total. The van der Waals surface area contributed by atoms with Crippen LogP contribution in [0.4, 0.5) is 0 Å². The Kier molecular flexibility index (Phi) is 10.7. The molecule has 2 N–H and O–H groups in total. The summed E-state index contributed by atoms with van der Waals surface area (Å²) in [7, 11) is 1.56. The Morgan fingerprint density at radius 1 is 1.08 bits per heavy atom. The minimum absolute atomic E-state index is 0.174. The SMILES string of the molecule is COc1cc(C=NNC(=O)C(CC(C)C)NC(=O)c2ccc(Cl)cc2)cc(Br)c1OCc1ccc(C)cc1. The molecule has 9 heteroatoms. The van der Waals surface area contributed by atoms with E-state index >= 15 is 0 Å². The number of hydrogen-bond donors (Lipinski definition) is 2. The molecule has 200 valence electrons. The van der Waals surface area contributed by atoms with Crippen molar-refractivity contribution < 1.29 is 19.1 Å². The molecule has 0 aromatic heterocycles. The molecular weight excluding hydrogens is 570 g/mol. The molecule has 0 saturated heterocycles. The molecule has 0 aliphatic heterocycles. The van der Waals surface area contributed by atoms with E-state index in [2.05, 4.69) is 31.8 Å². The Morgan fingerprint density at radius 2 is 1.76 bits per heavy atom. The Hall–Kier alpha value is -3.36. The van der Waals surface area contributed by atoms with Crippen molar-refractivity contribution in [3.05, 3.63) is 92.4 Å². The zero-order valence-electron chi connectivity index (χ0n) is 21.8. The number of nitrogens with one attached hydrogen (secondary N) is 2. The van der Waals surface area contributed by atoms with Crippen molar-refractivity contribution in [3.8, 4) is 11.5 Å². The fourth-order valence-corrected chi connectivity index (χ4v) is 4.29. The molecule has 2 amide bonds. The summed E-state index contributed by atoms with van der Waals surface area (Å²) in [6.07, 6.45) is 1.95. The number of hydrazone groups is 1. The van der Waals surface area contributed by atoms with Crippen LogP contribution in [0.15, 0.2) is 70.2 Å². The largest absolute Gasteiger partial charge is 0.493 e. The number of hydrogen-bond acceptors (Lipinski definition) is 5. The number of carbonyl (C=O) groups excluding carboxylic acids is 2. The second-order valence-electron chi connectivity index (χ2n) is 9.21. The molecule has 0 radical (unpaired) electrons. The molecule has 0 aliphatic rings. The molecule has 1 unspecified atom stereocenters. The third-order valence-electron chi connectivity index (χ3n) is 5.58. The van der Waals surface area contributed by atoms with Gasteiger partial charge in [-0.05, 0) is 82.7 Å². The molecule has 0 spiro atoms. The van der Waals surface area contributed by atoms with Crippen molar-refractivity contribution in [2.75, 3.05) is 7.11 Å². The number of nitrogens with zero attached hydrogens (tertiary/aromatic N) is 1. The van der Waals surface area contributed by atoms with Crippen LogP contribution >= 0.6 is 27.5 Å². The quantitative estimate of drug-likeness (QED) is 0.200. The third kappa shape index (κ3) is 8.60. The van der Waals surface area contributed by atoms with Crippen LogP contribution in [0, 0.1) is 12.8 Å². The summed E-state index contributed by atoms with van der Waals surface area (Å²) < 4.78 is 12.2. The van der Waals surface area contributed by atoms with Crippen molar-refractivity contribution in [2.45, 2.75) is 39.8 Å². The van der Waals surface area contributed by atoms with Gasteiger partial charge in [-0.1, -0.05) is 55.3 Å². The van der Waals surface area contributed by atoms with Gasteiger partial charge in [-0.2, -0.15) is 5.10 Å². The summed E-state index contributed by atoms with van der Waals surface area (Å²) in [6, 6.07) is 17.4. The molecule has 38 heavy (non-hydrogen) atoms. The van der Waals surface area contributed by atoms with Gasteiger partial charge in [0, 0.05) is 10.6 Å². The molecule has 3 aromatic carbocycles. The first kappa shape index (κ1) is 29.2. The lowest BCUT2D eigenvalue weighted by Gasteiger charge is -2.19. The van der Waals surface area contributed by atoms with E-state index in [-0.39, 0.29) is 11.8 Å². The second kappa shape index (κ2) is 14.0. The Labute approximate surface area is 236 Å². The summed E-state index contributed by atoms with van der Waals surface area (Å²) in [5.74, 6) is 0.485. The van der Waals surface area contributed by atoms with E-state index in [4.69, 9.17) is 21.1 Å². The van der Waals surface area contributed by atoms with Crippen molar-refractivity contribution >= 4 is 45.6 Å². The lowest BCUT2D eigenvalue weighted by Crippen LogP contribution is -2.46. The highest BCUT2D eigenvalue weighted by atomic mass is 79.9. The maximum atomic E-state index is 12.9. The number of carbonyl (C=O) groups is 2. The van der Waals surface area contributed by atoms with E-state index < -0.39 is 11.9 Å². The first-order valence-electron chi connectivity index (χ1n) is 12.1. The zero-order valence-corrected chi connectivity index (χ0v) is 24.1. The number of halogens is 2. The molecule has 0 fully saturated rings. The fourth-order valence-electron chi connectivity index (χ4n) is 3.59. The second-order valence-corrected chi connectivity index (χ2v) is 10.5. The van der Waals surface area contributed by atoms with E-state index in [1.54, 1.807) is 37.4 Å². The van der Waals surface area contributed by atoms with E-state index in [1.165, 1.54) is 11.8 Å². The van der Waals surface area contributed by atoms with Crippen LogP contribution in [0.2, 0.25) is 5.02 Å². The molecule has 0 aliphatic carbocycles. The number of ether oxygens (including phenoxy) is 2. The average molecular weight is 601 g/mol. The molecule has 0 saturated carbocycles. The van der Waals surface area contributed by atoms with Gasteiger partial charge >= 0.3 is 0 Å². The van der Waals surface area contributed by atoms with Gasteiger partial charge in [0.25, 0.3) is 11.8 Å². The maximum absolute atomic E-state index is 12.9. The lowest BCUT2D eigenvalue weighted by molar-refractivity contribution is -0.123. The van der Waals surface area contributed by atoms with Crippen LogP contribution in [0.25, 0.3) is 0 Å². The Morgan fingerprint density at radius 3 is 2.39 bits per heavy atom. The molecule has 3 rings (SSSR count). The van der Waals surface area contributed by atoms with Gasteiger partial charge in [-0.3, -0.25) is 9.59 Å². The zero-order chi connectivity index (χ0) is 27.7. The molecular formula is C29H31BrClN3O4. The van der Waals surface area contributed by atoms with Gasteiger partial charge < -0.3 is 14.8 Å².